The van der Waals surface area contributed by atoms with Crippen LogP contribution in [0.5, 0.6) is 0 Å². The van der Waals surface area contributed by atoms with Gasteiger partial charge in [-0.05, 0) is 31.0 Å². The molecule has 0 unspecified atom stereocenters. The molecule has 0 aliphatic heterocycles. The van der Waals surface area contributed by atoms with Crippen molar-refractivity contribution in [1.29, 1.82) is 0 Å². The Morgan fingerprint density at radius 2 is 1.88 bits per heavy atom. The summed E-state index contributed by atoms with van der Waals surface area (Å²) >= 11 is 0. The topological polar surface area (TPSA) is 98.1 Å². The second kappa shape index (κ2) is 7.82. The quantitative estimate of drug-likeness (QED) is 0.745. The van der Waals surface area contributed by atoms with E-state index >= 15 is 0 Å². The number of rotatable bonds is 8. The first-order valence-electron chi connectivity index (χ1n) is 8.58. The second-order valence-electron chi connectivity index (χ2n) is 6.33. The minimum absolute atomic E-state index is 0.123. The lowest BCUT2D eigenvalue weighted by molar-refractivity contribution is -0.120. The Morgan fingerprint density at radius 3 is 2.58 bits per heavy atom. The highest BCUT2D eigenvalue weighted by Crippen LogP contribution is 2.38. The molecule has 1 amide bonds. The fourth-order valence-corrected chi connectivity index (χ4v) is 3.85. The Hall–Kier alpha value is -2.48. The first-order chi connectivity index (χ1) is 12.5. The number of nitrogens with one attached hydrogen (secondary N) is 1. The lowest BCUT2D eigenvalue weighted by Gasteiger charge is -2.08. The standard InChI is InChI=1S/C18H21N3O4S/c22-17(10-13-26(24,25)15-4-2-1-3-5-15)19-11-12-21-18(23)9-8-16(20-21)14-6-7-14/h1-5,8-9,14H,6-7,10-13H2,(H,19,22). The van der Waals surface area contributed by atoms with Gasteiger partial charge in [0, 0.05) is 24.9 Å². The van der Waals surface area contributed by atoms with E-state index in [2.05, 4.69) is 10.4 Å². The molecule has 0 saturated heterocycles. The van der Waals surface area contributed by atoms with Crippen molar-refractivity contribution in [2.45, 2.75) is 36.6 Å². The van der Waals surface area contributed by atoms with Crippen LogP contribution in [0.2, 0.25) is 0 Å². The highest BCUT2D eigenvalue weighted by molar-refractivity contribution is 7.91. The van der Waals surface area contributed by atoms with E-state index in [9.17, 15) is 18.0 Å². The Bertz CT molecular complexity index is 934. The number of amides is 1. The first-order valence-corrected chi connectivity index (χ1v) is 10.2. The van der Waals surface area contributed by atoms with Gasteiger partial charge < -0.3 is 5.32 Å². The first kappa shape index (κ1) is 18.3. The summed E-state index contributed by atoms with van der Waals surface area (Å²) in [6.45, 7) is 0.488. The molecular formula is C18H21N3O4S. The van der Waals surface area contributed by atoms with Crippen molar-refractivity contribution in [3.8, 4) is 0 Å². The molecule has 0 spiro atoms. The number of nitrogens with zero attached hydrogens (tertiary/aromatic N) is 2. The van der Waals surface area contributed by atoms with E-state index in [0.717, 1.165) is 18.5 Å². The molecule has 0 bridgehead atoms. The molecule has 7 nitrogen and oxygen atoms in total. The van der Waals surface area contributed by atoms with Crippen LogP contribution >= 0.6 is 0 Å². The summed E-state index contributed by atoms with van der Waals surface area (Å²) in [5, 5.41) is 6.96. The van der Waals surface area contributed by atoms with Crippen LogP contribution in [0.3, 0.4) is 0 Å². The highest BCUT2D eigenvalue weighted by Gasteiger charge is 2.25. The molecule has 26 heavy (non-hydrogen) atoms. The SMILES string of the molecule is O=C(CCS(=O)(=O)c1ccccc1)NCCn1nc(C2CC2)ccc1=O. The summed E-state index contributed by atoms with van der Waals surface area (Å²) in [7, 11) is -3.48. The molecule has 1 aromatic heterocycles. The molecule has 1 fully saturated rings. The summed E-state index contributed by atoms with van der Waals surface area (Å²) in [5.41, 5.74) is 0.695. The molecule has 1 heterocycles. The van der Waals surface area contributed by atoms with Gasteiger partial charge in [0.1, 0.15) is 0 Å². The van der Waals surface area contributed by atoms with Crippen LogP contribution < -0.4 is 10.9 Å². The lowest BCUT2D eigenvalue weighted by Crippen LogP contribution is -2.32. The molecule has 1 aliphatic carbocycles. The van der Waals surface area contributed by atoms with Gasteiger partial charge in [-0.3, -0.25) is 9.59 Å². The van der Waals surface area contributed by atoms with E-state index in [4.69, 9.17) is 0 Å². The Kier molecular flexibility index (Phi) is 5.51. The minimum atomic E-state index is -3.48. The molecule has 0 atom stereocenters. The van der Waals surface area contributed by atoms with Gasteiger partial charge in [-0.15, -0.1) is 0 Å². The number of benzene rings is 1. The fourth-order valence-electron chi connectivity index (χ4n) is 2.58. The summed E-state index contributed by atoms with van der Waals surface area (Å²) in [6, 6.07) is 11.3. The molecule has 3 rings (SSSR count). The number of aromatic nitrogens is 2. The lowest BCUT2D eigenvalue weighted by atomic mass is 10.3. The third kappa shape index (κ3) is 4.78. The summed E-state index contributed by atoms with van der Waals surface area (Å²) in [6.07, 6.45) is 2.07. The van der Waals surface area contributed by atoms with Crippen molar-refractivity contribution < 1.29 is 13.2 Å². The highest BCUT2D eigenvalue weighted by atomic mass is 32.2. The van der Waals surface area contributed by atoms with Gasteiger partial charge in [-0.25, -0.2) is 13.1 Å². The van der Waals surface area contributed by atoms with Gasteiger partial charge in [0.05, 0.1) is 22.9 Å². The smallest absolute Gasteiger partial charge is 0.266 e. The zero-order chi connectivity index (χ0) is 18.6. The van der Waals surface area contributed by atoms with E-state index in [1.165, 1.54) is 22.9 Å². The summed E-state index contributed by atoms with van der Waals surface area (Å²) in [5.74, 6) is -0.173. The zero-order valence-electron chi connectivity index (χ0n) is 14.3. The number of hydrogen-bond donors (Lipinski definition) is 1. The van der Waals surface area contributed by atoms with E-state index < -0.39 is 9.84 Å². The summed E-state index contributed by atoms with van der Waals surface area (Å²) in [4.78, 5) is 23.9. The van der Waals surface area contributed by atoms with Crippen molar-refractivity contribution >= 4 is 15.7 Å². The van der Waals surface area contributed by atoms with E-state index in [-0.39, 0.29) is 41.6 Å². The fraction of sp³-hybridized carbons (Fsp3) is 0.389. The molecule has 1 saturated carbocycles. The van der Waals surface area contributed by atoms with Gasteiger partial charge in [0.25, 0.3) is 5.56 Å². The third-order valence-electron chi connectivity index (χ3n) is 4.23. The number of carbonyl (C=O) groups excluding carboxylic acids is 1. The Balaban J connectivity index is 1.47. The maximum atomic E-state index is 12.1. The van der Waals surface area contributed by atoms with Crippen LogP contribution in [0.4, 0.5) is 0 Å². The normalized spacial score (nSPS) is 14.2. The minimum Gasteiger partial charge on any atom is -0.354 e. The van der Waals surface area contributed by atoms with Crippen molar-refractivity contribution in [2.24, 2.45) is 0 Å². The van der Waals surface area contributed by atoms with Crippen molar-refractivity contribution in [3.05, 3.63) is 58.5 Å². The predicted molar refractivity (Wildman–Crippen MR) is 96.6 cm³/mol. The van der Waals surface area contributed by atoms with Crippen LogP contribution in [0.15, 0.2) is 52.2 Å². The Morgan fingerprint density at radius 1 is 1.15 bits per heavy atom. The third-order valence-corrected chi connectivity index (χ3v) is 5.96. The van der Waals surface area contributed by atoms with Crippen molar-refractivity contribution in [2.75, 3.05) is 12.3 Å². The average molecular weight is 375 g/mol. The van der Waals surface area contributed by atoms with E-state index in [1.54, 1.807) is 24.3 Å². The number of sulfone groups is 1. The molecule has 0 radical (unpaired) electrons. The molecule has 1 N–H and O–H groups in total. The second-order valence-corrected chi connectivity index (χ2v) is 8.43. The van der Waals surface area contributed by atoms with Gasteiger partial charge in [-0.2, -0.15) is 5.10 Å². The largest absolute Gasteiger partial charge is 0.354 e. The predicted octanol–water partition coefficient (Wildman–Crippen LogP) is 1.10. The van der Waals surface area contributed by atoms with Crippen LogP contribution in [-0.2, 0) is 21.2 Å². The number of hydrogen-bond acceptors (Lipinski definition) is 5. The molecule has 138 valence electrons. The van der Waals surface area contributed by atoms with Crippen molar-refractivity contribution in [1.82, 2.24) is 15.1 Å². The molecule has 2 aromatic rings. The maximum Gasteiger partial charge on any atom is 0.266 e. The zero-order valence-corrected chi connectivity index (χ0v) is 15.1. The average Bonchev–Trinajstić information content (AvgIpc) is 3.48. The van der Waals surface area contributed by atoms with E-state index in [1.807, 2.05) is 0 Å². The molecule has 1 aromatic carbocycles. The van der Waals surface area contributed by atoms with Gasteiger partial charge in [0.15, 0.2) is 9.84 Å². The van der Waals surface area contributed by atoms with E-state index in [0.29, 0.717) is 5.92 Å². The summed E-state index contributed by atoms with van der Waals surface area (Å²) < 4.78 is 25.6. The molecule has 1 aliphatic rings. The van der Waals surface area contributed by atoms with Crippen LogP contribution in [-0.4, -0.2) is 36.4 Å². The maximum absolute atomic E-state index is 12.1. The number of carbonyl (C=O) groups is 1. The van der Waals surface area contributed by atoms with Gasteiger partial charge in [0.2, 0.25) is 5.91 Å². The molecule has 8 heteroatoms. The van der Waals surface area contributed by atoms with Gasteiger partial charge >= 0.3 is 0 Å². The van der Waals surface area contributed by atoms with Crippen LogP contribution in [0.1, 0.15) is 30.9 Å². The van der Waals surface area contributed by atoms with Gasteiger partial charge in [-0.1, -0.05) is 18.2 Å². The van der Waals surface area contributed by atoms with Crippen LogP contribution in [0, 0.1) is 0 Å². The van der Waals surface area contributed by atoms with Crippen molar-refractivity contribution in [3.63, 3.8) is 0 Å². The Labute approximate surface area is 152 Å². The molecular weight excluding hydrogens is 354 g/mol. The monoisotopic (exact) mass is 375 g/mol. The van der Waals surface area contributed by atoms with Crippen LogP contribution in [0.25, 0.3) is 0 Å².